The van der Waals surface area contributed by atoms with Crippen LogP contribution in [-0.2, 0) is 15.9 Å². The molecule has 1 saturated heterocycles. The second-order valence-corrected chi connectivity index (χ2v) is 7.47. The minimum absolute atomic E-state index is 0.250. The molecule has 0 aliphatic carbocycles. The maximum atomic E-state index is 12.3. The summed E-state index contributed by atoms with van der Waals surface area (Å²) in [5, 5.41) is 0. The maximum Gasteiger partial charge on any atom is 0.410 e. The molecule has 0 radical (unpaired) electrons. The van der Waals surface area contributed by atoms with Crippen LogP contribution in [0.5, 0.6) is 0 Å². The first-order chi connectivity index (χ1) is 11.8. The molecule has 25 heavy (non-hydrogen) atoms. The molecular formula is C18H25N3O4. The molecule has 7 nitrogen and oxygen atoms in total. The summed E-state index contributed by atoms with van der Waals surface area (Å²) < 4.78 is 10.2. The van der Waals surface area contributed by atoms with Gasteiger partial charge < -0.3 is 19.3 Å². The molecule has 0 spiro atoms. The zero-order valence-corrected chi connectivity index (χ0v) is 15.2. The first kappa shape index (κ1) is 17.5. The number of hydrogen-bond donors (Lipinski definition) is 0. The highest BCUT2D eigenvalue weighted by Crippen LogP contribution is 2.32. The Kier molecular flexibility index (Phi) is 4.58. The molecule has 1 fully saturated rings. The average Bonchev–Trinajstić information content (AvgIpc) is 2.58. The zero-order valence-electron chi connectivity index (χ0n) is 15.2. The van der Waals surface area contributed by atoms with Crippen molar-refractivity contribution in [1.82, 2.24) is 9.88 Å². The summed E-state index contributed by atoms with van der Waals surface area (Å²) in [4.78, 5) is 32.5. The molecule has 1 atom stereocenters. The summed E-state index contributed by atoms with van der Waals surface area (Å²) >= 11 is 0. The number of rotatable bonds is 1. The molecule has 3 heterocycles. The Labute approximate surface area is 147 Å². The van der Waals surface area contributed by atoms with Crippen LogP contribution in [0.15, 0.2) is 12.1 Å². The molecular weight excluding hydrogens is 322 g/mol. The Morgan fingerprint density at radius 2 is 2.00 bits per heavy atom. The quantitative estimate of drug-likeness (QED) is 0.726. The van der Waals surface area contributed by atoms with Crippen molar-refractivity contribution in [3.8, 4) is 0 Å². The number of hydrogen-bond acceptors (Lipinski definition) is 6. The van der Waals surface area contributed by atoms with Gasteiger partial charge in [0.1, 0.15) is 11.3 Å². The van der Waals surface area contributed by atoms with Crippen LogP contribution in [0.4, 0.5) is 10.5 Å². The van der Waals surface area contributed by atoms with Gasteiger partial charge in [0, 0.05) is 25.7 Å². The Morgan fingerprint density at radius 1 is 1.24 bits per heavy atom. The van der Waals surface area contributed by atoms with Gasteiger partial charge in [-0.15, -0.1) is 0 Å². The summed E-state index contributed by atoms with van der Waals surface area (Å²) in [7, 11) is 1.36. The summed E-state index contributed by atoms with van der Waals surface area (Å²) in [6, 6.07) is 3.89. The number of esters is 1. The fraction of sp³-hybridized carbons (Fsp3) is 0.611. The van der Waals surface area contributed by atoms with Gasteiger partial charge in [-0.2, -0.15) is 0 Å². The van der Waals surface area contributed by atoms with E-state index in [0.717, 1.165) is 30.8 Å². The fourth-order valence-electron chi connectivity index (χ4n) is 3.37. The minimum Gasteiger partial charge on any atom is -0.464 e. The predicted octanol–water partition coefficient (Wildman–Crippen LogP) is 2.24. The van der Waals surface area contributed by atoms with E-state index in [1.807, 2.05) is 26.8 Å². The molecule has 1 aromatic heterocycles. The van der Waals surface area contributed by atoms with Gasteiger partial charge in [0.05, 0.1) is 18.5 Å². The van der Waals surface area contributed by atoms with Crippen molar-refractivity contribution in [1.29, 1.82) is 0 Å². The van der Waals surface area contributed by atoms with Crippen molar-refractivity contribution in [3.05, 3.63) is 23.5 Å². The predicted molar refractivity (Wildman–Crippen MR) is 92.8 cm³/mol. The van der Waals surface area contributed by atoms with Gasteiger partial charge in [-0.05, 0) is 45.7 Å². The van der Waals surface area contributed by atoms with E-state index >= 15 is 0 Å². The lowest BCUT2D eigenvalue weighted by atomic mass is 9.97. The Bertz CT molecular complexity index is 683. The molecule has 1 aromatic rings. The molecule has 2 aliphatic heterocycles. The number of piperazine rings is 1. The van der Waals surface area contributed by atoms with E-state index in [0.29, 0.717) is 18.8 Å². The summed E-state index contributed by atoms with van der Waals surface area (Å²) in [6.07, 6.45) is 1.42. The fourth-order valence-corrected chi connectivity index (χ4v) is 3.37. The molecule has 7 heteroatoms. The number of methoxy groups -OCH3 is 1. The highest BCUT2D eigenvalue weighted by Gasteiger charge is 2.35. The third-order valence-electron chi connectivity index (χ3n) is 4.50. The van der Waals surface area contributed by atoms with Crippen molar-refractivity contribution in [2.75, 3.05) is 31.6 Å². The molecule has 136 valence electrons. The van der Waals surface area contributed by atoms with Crippen LogP contribution in [0.3, 0.4) is 0 Å². The van der Waals surface area contributed by atoms with Crippen LogP contribution < -0.4 is 4.90 Å². The van der Waals surface area contributed by atoms with E-state index in [1.165, 1.54) is 7.11 Å². The number of anilines is 1. The lowest BCUT2D eigenvalue weighted by molar-refractivity contribution is 0.0210. The second kappa shape index (κ2) is 6.54. The number of carbonyl (C=O) groups excluding carboxylic acids is 2. The molecule has 0 bridgehead atoms. The van der Waals surface area contributed by atoms with Crippen LogP contribution in [0, 0.1) is 0 Å². The normalized spacial score (nSPS) is 19.8. The Hall–Kier alpha value is -2.31. The van der Waals surface area contributed by atoms with Gasteiger partial charge in [-0.25, -0.2) is 14.6 Å². The standard InChI is InChI=1S/C18H25N3O4/c1-18(2,3)25-17(23)20-9-10-21-12(11-20)5-6-13-15(21)8-7-14(19-13)16(22)24-4/h7-8,12H,5-6,9-11H2,1-4H3/t12-/m0/s1. The van der Waals surface area contributed by atoms with E-state index in [-0.39, 0.29) is 12.1 Å². The summed E-state index contributed by atoms with van der Waals surface area (Å²) in [5.74, 6) is -0.417. The SMILES string of the molecule is COC(=O)c1ccc2c(n1)CC[C@H]1CN(C(=O)OC(C)(C)C)CCN21. The molecule has 3 rings (SSSR count). The van der Waals surface area contributed by atoms with Gasteiger partial charge in [0.15, 0.2) is 0 Å². The lowest BCUT2D eigenvalue weighted by Gasteiger charge is -2.45. The molecule has 0 N–H and O–H groups in total. The maximum absolute atomic E-state index is 12.3. The number of amides is 1. The topological polar surface area (TPSA) is 72.0 Å². The monoisotopic (exact) mass is 347 g/mol. The van der Waals surface area contributed by atoms with Gasteiger partial charge >= 0.3 is 12.1 Å². The highest BCUT2D eigenvalue weighted by molar-refractivity contribution is 5.87. The van der Waals surface area contributed by atoms with E-state index in [4.69, 9.17) is 9.47 Å². The first-order valence-corrected chi connectivity index (χ1v) is 8.61. The van der Waals surface area contributed by atoms with Crippen molar-refractivity contribution in [2.45, 2.75) is 45.3 Å². The second-order valence-electron chi connectivity index (χ2n) is 7.47. The van der Waals surface area contributed by atoms with Crippen LogP contribution in [0.1, 0.15) is 43.4 Å². The van der Waals surface area contributed by atoms with Crippen LogP contribution in [0.2, 0.25) is 0 Å². The zero-order chi connectivity index (χ0) is 18.2. The molecule has 0 aromatic carbocycles. The highest BCUT2D eigenvalue weighted by atomic mass is 16.6. The third kappa shape index (κ3) is 3.70. The Balaban J connectivity index is 1.72. The lowest BCUT2D eigenvalue weighted by Crippen LogP contribution is -2.57. The van der Waals surface area contributed by atoms with Gasteiger partial charge in [-0.1, -0.05) is 0 Å². The average molecular weight is 347 g/mol. The number of aryl methyl sites for hydroxylation is 1. The summed E-state index contributed by atoms with van der Waals surface area (Å²) in [6.45, 7) is 7.63. The number of carbonyl (C=O) groups is 2. The van der Waals surface area contributed by atoms with Crippen molar-refractivity contribution < 1.29 is 19.1 Å². The minimum atomic E-state index is -0.485. The van der Waals surface area contributed by atoms with E-state index in [1.54, 1.807) is 11.0 Å². The van der Waals surface area contributed by atoms with Crippen molar-refractivity contribution >= 4 is 17.7 Å². The van der Waals surface area contributed by atoms with Crippen LogP contribution in [-0.4, -0.2) is 60.3 Å². The largest absolute Gasteiger partial charge is 0.464 e. The molecule has 1 amide bonds. The molecule has 0 saturated carbocycles. The number of fused-ring (bicyclic) bond motifs is 3. The number of ether oxygens (including phenoxy) is 2. The number of pyridine rings is 1. The molecule has 0 unspecified atom stereocenters. The third-order valence-corrected chi connectivity index (χ3v) is 4.50. The van der Waals surface area contributed by atoms with E-state index in [9.17, 15) is 9.59 Å². The first-order valence-electron chi connectivity index (χ1n) is 8.61. The smallest absolute Gasteiger partial charge is 0.410 e. The number of nitrogens with zero attached hydrogens (tertiary/aromatic N) is 3. The van der Waals surface area contributed by atoms with Gasteiger partial charge in [0.2, 0.25) is 0 Å². The van der Waals surface area contributed by atoms with E-state index in [2.05, 4.69) is 9.88 Å². The van der Waals surface area contributed by atoms with Crippen molar-refractivity contribution in [3.63, 3.8) is 0 Å². The van der Waals surface area contributed by atoms with Crippen LogP contribution >= 0.6 is 0 Å². The van der Waals surface area contributed by atoms with Gasteiger partial charge in [-0.3, -0.25) is 0 Å². The number of aromatic nitrogens is 1. The summed E-state index contributed by atoms with van der Waals surface area (Å²) in [5.41, 5.74) is 1.83. The van der Waals surface area contributed by atoms with Crippen molar-refractivity contribution in [2.24, 2.45) is 0 Å². The van der Waals surface area contributed by atoms with Gasteiger partial charge in [0.25, 0.3) is 0 Å². The van der Waals surface area contributed by atoms with E-state index < -0.39 is 11.6 Å². The molecule has 2 aliphatic rings. The van der Waals surface area contributed by atoms with Crippen LogP contribution in [0.25, 0.3) is 0 Å². The Morgan fingerprint density at radius 3 is 2.68 bits per heavy atom.